The van der Waals surface area contributed by atoms with E-state index in [0.717, 1.165) is 5.69 Å². The number of amides is 2. The minimum Gasteiger partial charge on any atom is -0.383 e. The third kappa shape index (κ3) is 5.34. The van der Waals surface area contributed by atoms with Gasteiger partial charge in [0.15, 0.2) is 5.17 Å². The first-order valence-corrected chi connectivity index (χ1v) is 9.98. The minimum atomic E-state index is -0.522. The monoisotopic (exact) mass is 417 g/mol. The van der Waals surface area contributed by atoms with E-state index in [1.807, 2.05) is 30.3 Å². The van der Waals surface area contributed by atoms with Gasteiger partial charge in [0.2, 0.25) is 11.8 Å². The van der Waals surface area contributed by atoms with E-state index >= 15 is 0 Å². The number of nitrogens with one attached hydrogen (secondary N) is 1. The van der Waals surface area contributed by atoms with Crippen LogP contribution in [0.4, 0.5) is 11.4 Å². The van der Waals surface area contributed by atoms with Crippen LogP contribution in [0.25, 0.3) is 0 Å². The van der Waals surface area contributed by atoms with Gasteiger partial charge in [0.25, 0.3) is 0 Å². The van der Waals surface area contributed by atoms with Gasteiger partial charge >= 0.3 is 0 Å². The fourth-order valence-electron chi connectivity index (χ4n) is 2.64. The van der Waals surface area contributed by atoms with Gasteiger partial charge in [-0.1, -0.05) is 41.6 Å². The number of benzene rings is 2. The zero-order chi connectivity index (χ0) is 19.9. The van der Waals surface area contributed by atoms with Gasteiger partial charge in [-0.25, -0.2) is 4.99 Å². The number of amidine groups is 1. The average molecular weight is 418 g/mol. The smallest absolute Gasteiger partial charge is 0.242 e. The number of thioether (sulfide) groups is 1. The summed E-state index contributed by atoms with van der Waals surface area (Å²) in [6, 6.07) is 16.2. The Kier molecular flexibility index (Phi) is 7.08. The van der Waals surface area contributed by atoms with Crippen LogP contribution in [-0.2, 0) is 14.3 Å². The largest absolute Gasteiger partial charge is 0.383 e. The van der Waals surface area contributed by atoms with Gasteiger partial charge in [-0.05, 0) is 36.4 Å². The van der Waals surface area contributed by atoms with Crippen LogP contribution in [0.3, 0.4) is 0 Å². The van der Waals surface area contributed by atoms with Gasteiger partial charge in [-0.2, -0.15) is 0 Å². The van der Waals surface area contributed by atoms with Crippen LogP contribution in [-0.4, -0.2) is 47.4 Å². The summed E-state index contributed by atoms with van der Waals surface area (Å²) in [7, 11) is 1.58. The van der Waals surface area contributed by atoms with Gasteiger partial charge in [0.1, 0.15) is 5.25 Å². The highest BCUT2D eigenvalue weighted by molar-refractivity contribution is 8.15. The number of carbonyl (C=O) groups is 2. The molecule has 2 amide bonds. The second-order valence-electron chi connectivity index (χ2n) is 6.08. The lowest BCUT2D eigenvalue weighted by Gasteiger charge is -2.15. The van der Waals surface area contributed by atoms with E-state index in [-0.39, 0.29) is 18.2 Å². The number of hydrogen-bond donors (Lipinski definition) is 1. The lowest BCUT2D eigenvalue weighted by molar-refractivity contribution is -0.128. The van der Waals surface area contributed by atoms with Crippen molar-refractivity contribution < 1.29 is 14.3 Å². The molecular weight excluding hydrogens is 398 g/mol. The van der Waals surface area contributed by atoms with E-state index in [1.165, 1.54) is 11.8 Å². The van der Waals surface area contributed by atoms with Crippen LogP contribution in [0.5, 0.6) is 0 Å². The number of halogens is 1. The molecule has 1 heterocycles. The Morgan fingerprint density at radius 1 is 1.21 bits per heavy atom. The molecule has 1 N–H and O–H groups in total. The van der Waals surface area contributed by atoms with Crippen LogP contribution in [0.2, 0.25) is 5.02 Å². The van der Waals surface area contributed by atoms with Crippen LogP contribution < -0.4 is 5.32 Å². The maximum Gasteiger partial charge on any atom is 0.242 e. The highest BCUT2D eigenvalue weighted by Crippen LogP contribution is 2.31. The van der Waals surface area contributed by atoms with Crippen molar-refractivity contribution in [1.82, 2.24) is 4.90 Å². The van der Waals surface area contributed by atoms with E-state index in [0.29, 0.717) is 29.0 Å². The standard InChI is InChI=1S/C20H20ClN3O3S/c1-27-12-11-24-19(26)17(28-20(24)23-15-5-3-2-4-6-15)13-18(25)22-16-9-7-14(21)8-10-16/h2-10,17H,11-13H2,1H3,(H,22,25)/t17-/m0/s1. The van der Waals surface area contributed by atoms with E-state index in [9.17, 15) is 9.59 Å². The normalized spacial score (nSPS) is 17.9. The van der Waals surface area contributed by atoms with Crippen molar-refractivity contribution in [3.8, 4) is 0 Å². The third-order valence-corrected chi connectivity index (χ3v) is 5.45. The van der Waals surface area contributed by atoms with Gasteiger partial charge in [-0.3, -0.25) is 14.5 Å². The maximum atomic E-state index is 12.8. The predicted octanol–water partition coefficient (Wildman–Crippen LogP) is 3.95. The first-order valence-electron chi connectivity index (χ1n) is 8.73. The molecular formula is C20H20ClN3O3S. The average Bonchev–Trinajstić information content (AvgIpc) is 2.97. The molecule has 2 aromatic rings. The minimum absolute atomic E-state index is 0.0589. The fourth-order valence-corrected chi connectivity index (χ4v) is 3.95. The molecule has 2 aromatic carbocycles. The molecule has 1 saturated heterocycles. The van der Waals surface area contributed by atoms with Crippen molar-refractivity contribution in [1.29, 1.82) is 0 Å². The number of aliphatic imine (C=N–C) groups is 1. The molecule has 146 valence electrons. The number of nitrogens with zero attached hydrogens (tertiary/aromatic N) is 2. The van der Waals surface area contributed by atoms with Crippen molar-refractivity contribution in [2.45, 2.75) is 11.7 Å². The molecule has 1 fully saturated rings. The highest BCUT2D eigenvalue weighted by Gasteiger charge is 2.38. The van der Waals surface area contributed by atoms with Crippen molar-refractivity contribution in [3.63, 3.8) is 0 Å². The van der Waals surface area contributed by atoms with Gasteiger partial charge in [-0.15, -0.1) is 0 Å². The molecule has 28 heavy (non-hydrogen) atoms. The van der Waals surface area contributed by atoms with Crippen LogP contribution in [0, 0.1) is 0 Å². The molecule has 1 atom stereocenters. The molecule has 8 heteroatoms. The Bertz CT molecular complexity index is 859. The summed E-state index contributed by atoms with van der Waals surface area (Å²) >= 11 is 7.16. The van der Waals surface area contributed by atoms with Crippen LogP contribution in [0.1, 0.15) is 6.42 Å². The number of methoxy groups -OCH3 is 1. The Labute approximate surface area is 172 Å². The number of carbonyl (C=O) groups excluding carboxylic acids is 2. The fraction of sp³-hybridized carbons (Fsp3) is 0.250. The number of rotatable bonds is 7. The van der Waals surface area contributed by atoms with Gasteiger partial charge in [0, 0.05) is 24.2 Å². The van der Waals surface area contributed by atoms with Crippen LogP contribution in [0.15, 0.2) is 59.6 Å². The number of hydrogen-bond acceptors (Lipinski definition) is 5. The molecule has 0 aromatic heterocycles. The Balaban J connectivity index is 1.70. The summed E-state index contributed by atoms with van der Waals surface area (Å²) in [4.78, 5) is 31.4. The zero-order valence-corrected chi connectivity index (χ0v) is 16.9. The summed E-state index contributed by atoms with van der Waals surface area (Å²) in [5.41, 5.74) is 1.39. The number of ether oxygens (including phenoxy) is 1. The molecule has 0 unspecified atom stereocenters. The maximum absolute atomic E-state index is 12.8. The Morgan fingerprint density at radius 3 is 2.61 bits per heavy atom. The quantitative estimate of drug-likeness (QED) is 0.740. The van der Waals surface area contributed by atoms with Crippen molar-refractivity contribution in [2.24, 2.45) is 4.99 Å². The van der Waals surface area contributed by atoms with Gasteiger partial charge in [0.05, 0.1) is 18.8 Å². The molecule has 0 saturated carbocycles. The lowest BCUT2D eigenvalue weighted by atomic mass is 10.2. The van der Waals surface area contributed by atoms with Gasteiger partial charge < -0.3 is 10.1 Å². The van der Waals surface area contributed by atoms with Crippen molar-refractivity contribution >= 4 is 51.7 Å². The first kappa shape index (κ1) is 20.4. The van der Waals surface area contributed by atoms with E-state index in [2.05, 4.69) is 10.3 Å². The molecule has 0 radical (unpaired) electrons. The third-order valence-electron chi connectivity index (χ3n) is 4.02. The van der Waals surface area contributed by atoms with Crippen molar-refractivity contribution in [2.75, 3.05) is 25.6 Å². The molecule has 1 aliphatic rings. The molecule has 0 bridgehead atoms. The summed E-state index contributed by atoms with van der Waals surface area (Å²) in [5.74, 6) is -0.371. The topological polar surface area (TPSA) is 71.0 Å². The Morgan fingerprint density at radius 2 is 1.93 bits per heavy atom. The SMILES string of the molecule is COCCN1C(=O)[C@H](CC(=O)Nc2ccc(Cl)cc2)SC1=Nc1ccccc1. The zero-order valence-electron chi connectivity index (χ0n) is 15.3. The summed E-state index contributed by atoms with van der Waals surface area (Å²) in [6.07, 6.45) is 0.0589. The second-order valence-corrected chi connectivity index (χ2v) is 7.68. The van der Waals surface area contributed by atoms with Crippen LogP contribution >= 0.6 is 23.4 Å². The lowest BCUT2D eigenvalue weighted by Crippen LogP contribution is -2.35. The highest BCUT2D eigenvalue weighted by atomic mass is 35.5. The molecule has 0 spiro atoms. The molecule has 3 rings (SSSR count). The molecule has 6 nitrogen and oxygen atoms in total. The number of anilines is 1. The van der Waals surface area contributed by atoms with E-state index in [1.54, 1.807) is 36.3 Å². The summed E-state index contributed by atoms with van der Waals surface area (Å²) in [5, 5.41) is 3.44. The Hall–Kier alpha value is -2.35. The van der Waals surface area contributed by atoms with E-state index in [4.69, 9.17) is 16.3 Å². The first-order chi connectivity index (χ1) is 13.6. The second kappa shape index (κ2) is 9.73. The summed E-state index contributed by atoms with van der Waals surface area (Å²) < 4.78 is 5.11. The predicted molar refractivity (Wildman–Crippen MR) is 113 cm³/mol. The molecule has 0 aliphatic carbocycles. The number of para-hydroxylation sites is 1. The summed E-state index contributed by atoms with van der Waals surface area (Å²) in [6.45, 7) is 0.785. The van der Waals surface area contributed by atoms with Crippen molar-refractivity contribution in [3.05, 3.63) is 59.6 Å². The molecule has 1 aliphatic heterocycles. The van der Waals surface area contributed by atoms with E-state index < -0.39 is 5.25 Å².